The van der Waals surface area contributed by atoms with Gasteiger partial charge in [-0.2, -0.15) is 0 Å². The Balaban J connectivity index is 1.62. The monoisotopic (exact) mass is 411 g/mol. The van der Waals surface area contributed by atoms with Gasteiger partial charge in [-0.05, 0) is 62.8 Å². The lowest BCUT2D eigenvalue weighted by Crippen LogP contribution is -2.33. The molecule has 2 aromatic heterocycles. The number of anilines is 1. The summed E-state index contributed by atoms with van der Waals surface area (Å²) in [7, 11) is 0. The summed E-state index contributed by atoms with van der Waals surface area (Å²) in [5.41, 5.74) is 2.17. The quantitative estimate of drug-likeness (QED) is 0.634. The number of aryl methyl sites for hydroxylation is 2. The first-order valence-electron chi connectivity index (χ1n) is 9.96. The molecule has 1 aliphatic heterocycles. The molecule has 0 radical (unpaired) electrons. The van der Waals surface area contributed by atoms with Crippen molar-refractivity contribution >= 4 is 33.3 Å². The lowest BCUT2D eigenvalue weighted by molar-refractivity contribution is 0.0531. The maximum Gasteiger partial charge on any atom is 0.348 e. The van der Waals surface area contributed by atoms with Gasteiger partial charge in [-0.1, -0.05) is 12.1 Å². The number of esters is 1. The largest absolute Gasteiger partial charge is 0.508 e. The van der Waals surface area contributed by atoms with Gasteiger partial charge in [-0.15, -0.1) is 11.3 Å². The Morgan fingerprint density at radius 3 is 2.55 bits per heavy atom. The Hall–Kier alpha value is -2.67. The number of phenolic OH excluding ortho intramolecular Hbond substituents is 1. The lowest BCUT2D eigenvalue weighted by Gasteiger charge is -2.33. The molecule has 3 aromatic rings. The van der Waals surface area contributed by atoms with Gasteiger partial charge in [0.05, 0.1) is 12.0 Å². The van der Waals surface area contributed by atoms with Gasteiger partial charge in [0.1, 0.15) is 27.1 Å². The second-order valence-electron chi connectivity index (χ2n) is 7.40. The van der Waals surface area contributed by atoms with Gasteiger partial charge >= 0.3 is 5.97 Å². The van der Waals surface area contributed by atoms with Crippen LogP contribution < -0.4 is 4.90 Å². The summed E-state index contributed by atoms with van der Waals surface area (Å²) in [5, 5.41) is 10.5. The number of benzene rings is 1. The number of carbonyl (C=O) groups is 1. The topological polar surface area (TPSA) is 75.5 Å². The summed E-state index contributed by atoms with van der Waals surface area (Å²) in [5.74, 6) is 2.12. The number of hydrogen-bond donors (Lipinski definition) is 1. The van der Waals surface area contributed by atoms with E-state index >= 15 is 0 Å². The number of aromatic hydroxyl groups is 1. The molecule has 7 heteroatoms. The zero-order valence-corrected chi connectivity index (χ0v) is 17.8. The Morgan fingerprint density at radius 1 is 1.21 bits per heavy atom. The molecule has 1 saturated heterocycles. The van der Waals surface area contributed by atoms with E-state index in [4.69, 9.17) is 9.72 Å². The number of rotatable bonds is 4. The highest BCUT2D eigenvalue weighted by Crippen LogP contribution is 2.38. The fourth-order valence-electron chi connectivity index (χ4n) is 4.01. The van der Waals surface area contributed by atoms with Crippen LogP contribution in [0.5, 0.6) is 5.75 Å². The molecule has 0 bridgehead atoms. The van der Waals surface area contributed by atoms with Gasteiger partial charge in [0.15, 0.2) is 0 Å². The molecule has 6 nitrogen and oxygen atoms in total. The standard InChI is InChI=1S/C22H25N3O3S/c1-4-28-22(27)19-13(2)18-20(23-14(3)24-21(18)29-19)25-11-9-16(10-12-25)15-5-7-17(26)8-6-15/h5-8,16,26H,4,9-12H2,1-3H3. The molecule has 152 valence electrons. The van der Waals surface area contributed by atoms with Crippen molar-refractivity contribution in [3.63, 3.8) is 0 Å². The van der Waals surface area contributed by atoms with E-state index in [-0.39, 0.29) is 5.97 Å². The maximum atomic E-state index is 12.3. The van der Waals surface area contributed by atoms with Gasteiger partial charge in [0.25, 0.3) is 0 Å². The van der Waals surface area contributed by atoms with Gasteiger partial charge in [-0.3, -0.25) is 0 Å². The molecule has 1 aromatic carbocycles. The Morgan fingerprint density at radius 2 is 1.90 bits per heavy atom. The third-order valence-corrected chi connectivity index (χ3v) is 6.67. The fraction of sp³-hybridized carbons (Fsp3) is 0.409. The smallest absolute Gasteiger partial charge is 0.348 e. The van der Waals surface area contributed by atoms with E-state index in [9.17, 15) is 9.90 Å². The van der Waals surface area contributed by atoms with Crippen LogP contribution in [-0.2, 0) is 4.74 Å². The van der Waals surface area contributed by atoms with Crippen LogP contribution in [0, 0.1) is 13.8 Å². The van der Waals surface area contributed by atoms with Crippen molar-refractivity contribution in [2.75, 3.05) is 24.6 Å². The molecular weight excluding hydrogens is 386 g/mol. The molecule has 0 atom stereocenters. The third kappa shape index (κ3) is 3.79. The third-order valence-electron chi connectivity index (χ3n) is 5.50. The average molecular weight is 412 g/mol. The van der Waals surface area contributed by atoms with Crippen molar-refractivity contribution in [1.82, 2.24) is 9.97 Å². The van der Waals surface area contributed by atoms with E-state index in [2.05, 4.69) is 9.88 Å². The highest BCUT2D eigenvalue weighted by molar-refractivity contribution is 7.20. The molecule has 3 heterocycles. The van der Waals surface area contributed by atoms with Crippen LogP contribution in [0.25, 0.3) is 10.2 Å². The van der Waals surface area contributed by atoms with Gasteiger partial charge < -0.3 is 14.7 Å². The Labute approximate surface area is 174 Å². The van der Waals surface area contributed by atoms with Crippen molar-refractivity contribution in [3.05, 3.63) is 46.1 Å². The molecule has 0 spiro atoms. The molecule has 29 heavy (non-hydrogen) atoms. The van der Waals surface area contributed by atoms with E-state index in [0.717, 1.165) is 47.5 Å². The highest BCUT2D eigenvalue weighted by atomic mass is 32.1. The molecule has 1 N–H and O–H groups in total. The summed E-state index contributed by atoms with van der Waals surface area (Å²) >= 11 is 1.39. The number of aromatic nitrogens is 2. The molecule has 0 aliphatic carbocycles. The summed E-state index contributed by atoms with van der Waals surface area (Å²) in [4.78, 5) is 25.4. The molecule has 1 fully saturated rings. The van der Waals surface area contributed by atoms with Crippen LogP contribution in [0.4, 0.5) is 5.82 Å². The Kier molecular flexibility index (Phi) is 5.41. The van der Waals surface area contributed by atoms with Crippen LogP contribution in [-0.4, -0.2) is 40.7 Å². The molecule has 1 aliphatic rings. The van der Waals surface area contributed by atoms with Crippen LogP contribution in [0.3, 0.4) is 0 Å². The molecule has 4 rings (SSSR count). The predicted octanol–water partition coefficient (Wildman–Crippen LogP) is 4.57. The predicted molar refractivity (Wildman–Crippen MR) is 115 cm³/mol. The summed E-state index contributed by atoms with van der Waals surface area (Å²) in [6.07, 6.45) is 2.03. The summed E-state index contributed by atoms with van der Waals surface area (Å²) < 4.78 is 5.22. The van der Waals surface area contributed by atoms with Gasteiger partial charge in [0.2, 0.25) is 0 Å². The number of fused-ring (bicyclic) bond motifs is 1. The van der Waals surface area contributed by atoms with Crippen LogP contribution >= 0.6 is 11.3 Å². The number of carbonyl (C=O) groups excluding carboxylic acids is 1. The van der Waals surface area contributed by atoms with Crippen molar-refractivity contribution < 1.29 is 14.6 Å². The highest BCUT2D eigenvalue weighted by Gasteiger charge is 2.26. The van der Waals surface area contributed by atoms with Crippen molar-refractivity contribution in [1.29, 1.82) is 0 Å². The minimum Gasteiger partial charge on any atom is -0.508 e. The second-order valence-corrected chi connectivity index (χ2v) is 8.40. The Bertz CT molecular complexity index is 1040. The van der Waals surface area contributed by atoms with Crippen molar-refractivity contribution in [2.45, 2.75) is 39.5 Å². The van der Waals surface area contributed by atoms with E-state index in [1.807, 2.05) is 32.9 Å². The minimum absolute atomic E-state index is 0.289. The molecule has 0 amide bonds. The van der Waals surface area contributed by atoms with Gasteiger partial charge in [0, 0.05) is 13.1 Å². The molecule has 0 saturated carbocycles. The molecular formula is C22H25N3O3S. The van der Waals surface area contributed by atoms with E-state index in [1.54, 1.807) is 12.1 Å². The van der Waals surface area contributed by atoms with Crippen molar-refractivity contribution in [2.24, 2.45) is 0 Å². The first kappa shape index (κ1) is 19.6. The number of hydrogen-bond acceptors (Lipinski definition) is 7. The zero-order chi connectivity index (χ0) is 20.5. The van der Waals surface area contributed by atoms with Crippen LogP contribution in [0.2, 0.25) is 0 Å². The van der Waals surface area contributed by atoms with Crippen molar-refractivity contribution in [3.8, 4) is 5.75 Å². The first-order valence-corrected chi connectivity index (χ1v) is 10.8. The van der Waals surface area contributed by atoms with E-state index in [0.29, 0.717) is 29.0 Å². The first-order chi connectivity index (χ1) is 14.0. The SMILES string of the molecule is CCOC(=O)c1sc2nc(C)nc(N3CCC(c4ccc(O)cc4)CC3)c2c1C. The number of phenols is 1. The van der Waals surface area contributed by atoms with Crippen LogP contribution in [0.15, 0.2) is 24.3 Å². The van der Waals surface area contributed by atoms with Gasteiger partial charge in [-0.25, -0.2) is 14.8 Å². The average Bonchev–Trinajstić information content (AvgIpc) is 3.05. The van der Waals surface area contributed by atoms with Crippen LogP contribution in [0.1, 0.15) is 52.3 Å². The second kappa shape index (κ2) is 7.99. The number of nitrogens with zero attached hydrogens (tertiary/aromatic N) is 3. The fourth-order valence-corrected chi connectivity index (χ4v) is 5.13. The maximum absolute atomic E-state index is 12.3. The van der Waals surface area contributed by atoms with E-state index in [1.165, 1.54) is 16.9 Å². The number of ether oxygens (including phenoxy) is 1. The summed E-state index contributed by atoms with van der Waals surface area (Å²) in [6.45, 7) is 7.80. The molecule has 0 unspecified atom stereocenters. The number of piperidine rings is 1. The van der Waals surface area contributed by atoms with E-state index < -0.39 is 0 Å². The zero-order valence-electron chi connectivity index (χ0n) is 16.9. The normalized spacial score (nSPS) is 15.1. The summed E-state index contributed by atoms with van der Waals surface area (Å²) in [6, 6.07) is 7.53. The lowest BCUT2D eigenvalue weighted by atomic mass is 9.89. The number of thiophene rings is 1. The minimum atomic E-state index is -0.289.